The van der Waals surface area contributed by atoms with Gasteiger partial charge in [-0.3, -0.25) is 52.7 Å². The molecule has 0 bridgehead atoms. The van der Waals surface area contributed by atoms with E-state index in [1.165, 1.54) is 71.4 Å². The zero-order chi connectivity index (χ0) is 59.8. The maximum atomic E-state index is 15.1. The minimum Gasteiger partial charge on any atom is -0.459 e. The Kier molecular flexibility index (Phi) is 23.3. The van der Waals surface area contributed by atoms with Crippen molar-refractivity contribution >= 4 is 65.0 Å². The highest BCUT2D eigenvalue weighted by Crippen LogP contribution is 2.31. The Morgan fingerprint density at radius 3 is 1.76 bits per heavy atom. The summed E-state index contributed by atoms with van der Waals surface area (Å²) in [4.78, 5) is 169. The van der Waals surface area contributed by atoms with Gasteiger partial charge in [-0.15, -0.1) is 0 Å². The van der Waals surface area contributed by atoms with Gasteiger partial charge in [0.2, 0.25) is 59.1 Å². The highest BCUT2D eigenvalue weighted by atomic mass is 16.5. The van der Waals surface area contributed by atoms with E-state index < -0.39 is 132 Å². The van der Waals surface area contributed by atoms with Crippen molar-refractivity contribution < 1.29 is 57.5 Å². The monoisotopic (exact) mass is 1110 g/mol. The third kappa shape index (κ3) is 16.0. The van der Waals surface area contributed by atoms with Gasteiger partial charge in [0, 0.05) is 54.7 Å². The van der Waals surface area contributed by atoms with Gasteiger partial charge in [0.25, 0.3) is 0 Å². The highest BCUT2D eigenvalue weighted by Gasteiger charge is 2.49. The molecule has 22 heteroatoms. The van der Waals surface area contributed by atoms with Crippen LogP contribution < -0.4 is 16.0 Å². The number of esters is 1. The smallest absolute Gasteiger partial charge is 0.325 e. The number of nitrogens with one attached hydrogen (secondary N) is 3. The first kappa shape index (κ1) is 65.7. The molecular formula is C57H96N10O12. The van der Waals surface area contributed by atoms with Crippen LogP contribution in [-0.4, -0.2) is 214 Å². The minimum absolute atomic E-state index is 0.0906. The molecule has 79 heavy (non-hydrogen) atoms. The summed E-state index contributed by atoms with van der Waals surface area (Å²) in [7, 11) is 5.86. The van der Waals surface area contributed by atoms with Crippen LogP contribution in [-0.2, 0) is 57.5 Å². The molecule has 0 aromatic carbocycles. The lowest BCUT2D eigenvalue weighted by molar-refractivity contribution is -0.160. The van der Waals surface area contributed by atoms with Crippen molar-refractivity contribution in [2.45, 2.75) is 202 Å². The first-order valence-corrected chi connectivity index (χ1v) is 28.7. The normalized spacial score (nSPS) is 29.2. The Hall–Kier alpha value is -5.83. The van der Waals surface area contributed by atoms with E-state index in [1.807, 2.05) is 55.4 Å². The zero-order valence-electron chi connectivity index (χ0n) is 50.6. The molecule has 3 N–H and O–H groups in total. The average molecular weight is 1110 g/mol. The Morgan fingerprint density at radius 1 is 0.658 bits per heavy atom. The SMILES string of the molecule is CC(=O)N(C)[C@H](C(=O)N1C[C@H](C)C[C@H]1C(=O)N(C)[C@H]1C(=O)N[C@@H](CC(C)C)C(=O)N2C[C@H](C)C[C@H]2C(=O)N[C@@H](CC(C)C)C(=O)N(C)[C@@H](C(C)C)C(=O)N2CCC[C@H]2C(=O)N(C)[C@@H](CC(C)C)C(=O)NCC(=O)OC1C)C(C)C. The third-order valence-electron chi connectivity index (χ3n) is 16.1. The lowest BCUT2D eigenvalue weighted by atomic mass is 9.97. The molecule has 22 nitrogen and oxygen atoms in total. The van der Waals surface area contributed by atoms with Crippen molar-refractivity contribution in [3.8, 4) is 0 Å². The number of ether oxygens (including phenoxy) is 1. The number of nitrogens with zero attached hydrogens (tertiary/aromatic N) is 7. The number of likely N-dealkylation sites (N-methyl/N-ethyl adjacent to an activating group) is 4. The Morgan fingerprint density at radius 2 is 1.22 bits per heavy atom. The zero-order valence-corrected chi connectivity index (χ0v) is 50.6. The Bertz CT molecular complexity index is 2260. The largest absolute Gasteiger partial charge is 0.459 e. The summed E-state index contributed by atoms with van der Waals surface area (Å²) in [5, 5.41) is 8.44. The molecule has 0 spiro atoms. The Balaban J connectivity index is 1.87. The molecule has 0 radical (unpaired) electrons. The third-order valence-corrected chi connectivity index (χ3v) is 16.1. The number of fused-ring (bicyclic) bond motifs is 2. The molecule has 4 saturated heterocycles. The van der Waals surface area contributed by atoms with Gasteiger partial charge in [0.1, 0.15) is 67.0 Å². The molecule has 0 aliphatic carbocycles. The molecule has 4 rings (SSSR count). The van der Waals surface area contributed by atoms with Crippen LogP contribution in [0.2, 0.25) is 0 Å². The summed E-state index contributed by atoms with van der Waals surface area (Å²) in [6, 6.07) is -10.2. The van der Waals surface area contributed by atoms with E-state index in [9.17, 15) is 38.4 Å². The number of likely N-dealkylation sites (tertiary alicyclic amines) is 1. The summed E-state index contributed by atoms with van der Waals surface area (Å²) in [5.41, 5.74) is 0. The van der Waals surface area contributed by atoms with Crippen LogP contribution in [0.1, 0.15) is 142 Å². The maximum Gasteiger partial charge on any atom is 0.325 e. The van der Waals surface area contributed by atoms with Crippen molar-refractivity contribution in [1.29, 1.82) is 0 Å². The van der Waals surface area contributed by atoms with Crippen molar-refractivity contribution in [1.82, 2.24) is 50.2 Å². The van der Waals surface area contributed by atoms with Crippen molar-refractivity contribution in [2.75, 3.05) is 54.4 Å². The summed E-state index contributed by atoms with van der Waals surface area (Å²) >= 11 is 0. The lowest BCUT2D eigenvalue weighted by Gasteiger charge is -2.38. The minimum atomic E-state index is -1.63. The molecule has 10 amide bonds. The fourth-order valence-electron chi connectivity index (χ4n) is 12.1. The lowest BCUT2D eigenvalue weighted by Crippen LogP contribution is -2.62. The average Bonchev–Trinajstić information content (AvgIpc) is 4.11. The van der Waals surface area contributed by atoms with E-state index in [0.29, 0.717) is 12.8 Å². The van der Waals surface area contributed by atoms with E-state index in [-0.39, 0.29) is 93.2 Å². The van der Waals surface area contributed by atoms with Crippen LogP contribution in [0.3, 0.4) is 0 Å². The standard InChI is InChI=1S/C57H96N10O12/c1-30(2)22-39-52(73)63(17)47(34(9)10)56(77)65-21-19-20-41(65)54(75)62(16)42(24-32(5)6)49(70)58-27-45(69)79-37(13)48(51(72)60-40(23-31(3)4)53(74)66-28-35(11)25-43(66)50(71)59-39)64(18)55(76)44-26-36(12)29-67(44)57(78)46(33(7)8)61(15)38(14)68/h30-37,39-44,46-48H,19-29H2,1-18H3,(H,58,70)(H,59,71)(H,60,72)/t35-,36-,37?,39+,40+,41+,42+,43+,44+,46+,47+,48-/m1/s1. The predicted molar refractivity (Wildman–Crippen MR) is 296 cm³/mol. The van der Waals surface area contributed by atoms with E-state index in [2.05, 4.69) is 16.0 Å². The van der Waals surface area contributed by atoms with Crippen LogP contribution in [0.4, 0.5) is 0 Å². The van der Waals surface area contributed by atoms with Gasteiger partial charge in [-0.05, 0) is 93.3 Å². The van der Waals surface area contributed by atoms with Crippen molar-refractivity contribution in [2.24, 2.45) is 41.4 Å². The predicted octanol–water partition coefficient (Wildman–Crippen LogP) is 2.26. The molecule has 0 aromatic heterocycles. The summed E-state index contributed by atoms with van der Waals surface area (Å²) in [6.45, 7) is 24.8. The number of carbonyl (C=O) groups excluding carboxylic acids is 11. The number of hydrogen-bond donors (Lipinski definition) is 3. The van der Waals surface area contributed by atoms with Gasteiger partial charge in [-0.25, -0.2) is 0 Å². The van der Waals surface area contributed by atoms with Crippen molar-refractivity contribution in [3.63, 3.8) is 0 Å². The van der Waals surface area contributed by atoms with E-state index in [0.717, 1.165) is 4.90 Å². The van der Waals surface area contributed by atoms with E-state index in [1.54, 1.807) is 27.7 Å². The van der Waals surface area contributed by atoms with Crippen molar-refractivity contribution in [3.05, 3.63) is 0 Å². The molecule has 12 atom stereocenters. The molecular weight excluding hydrogens is 1020 g/mol. The van der Waals surface area contributed by atoms with Crippen LogP contribution in [0.5, 0.6) is 0 Å². The fourth-order valence-corrected chi connectivity index (χ4v) is 12.1. The van der Waals surface area contributed by atoms with Gasteiger partial charge in [0.05, 0.1) is 0 Å². The van der Waals surface area contributed by atoms with Gasteiger partial charge < -0.3 is 55.0 Å². The molecule has 0 aromatic rings. The van der Waals surface area contributed by atoms with Gasteiger partial charge >= 0.3 is 5.97 Å². The number of carbonyl (C=O) groups is 11. The summed E-state index contributed by atoms with van der Waals surface area (Å²) in [6.07, 6.45) is 0.259. The number of cyclic esters (lactones) is 1. The number of amides is 10. The number of rotatable bonds is 12. The second-order valence-corrected chi connectivity index (χ2v) is 25.1. The summed E-state index contributed by atoms with van der Waals surface area (Å²) in [5.74, 6) is -8.16. The second kappa shape index (κ2) is 28.0. The fraction of sp³-hybridized carbons (Fsp3) is 0.807. The molecule has 4 fully saturated rings. The van der Waals surface area contributed by atoms with E-state index >= 15 is 14.4 Å². The van der Waals surface area contributed by atoms with Gasteiger partial charge in [-0.2, -0.15) is 0 Å². The van der Waals surface area contributed by atoms with Crippen LogP contribution in [0, 0.1) is 41.4 Å². The number of hydrogen-bond acceptors (Lipinski definition) is 12. The van der Waals surface area contributed by atoms with Gasteiger partial charge in [-0.1, -0.05) is 83.1 Å². The molecule has 1 unspecified atom stereocenters. The highest BCUT2D eigenvalue weighted by molar-refractivity contribution is 5.99. The van der Waals surface area contributed by atoms with Crippen LogP contribution in [0.15, 0.2) is 0 Å². The van der Waals surface area contributed by atoms with Crippen LogP contribution in [0.25, 0.3) is 0 Å². The van der Waals surface area contributed by atoms with E-state index in [4.69, 9.17) is 4.74 Å². The first-order chi connectivity index (χ1) is 36.7. The maximum absolute atomic E-state index is 15.1. The molecule has 4 aliphatic heterocycles. The molecule has 4 aliphatic rings. The molecule has 4 heterocycles. The first-order valence-electron chi connectivity index (χ1n) is 28.7. The summed E-state index contributed by atoms with van der Waals surface area (Å²) < 4.78 is 5.91. The Labute approximate surface area is 469 Å². The second-order valence-electron chi connectivity index (χ2n) is 25.1. The van der Waals surface area contributed by atoms with Gasteiger partial charge in [0.15, 0.2) is 0 Å². The van der Waals surface area contributed by atoms with Crippen LogP contribution >= 0.6 is 0 Å². The molecule has 446 valence electrons. The topological polar surface area (TPSA) is 256 Å². The molecule has 0 saturated carbocycles. The quantitative estimate of drug-likeness (QED) is 0.238.